The number of aromatic nitrogens is 4. The number of nitrogens with zero attached hydrogens (tertiary/aromatic N) is 4. The van der Waals surface area contributed by atoms with Gasteiger partial charge in [0, 0.05) is 23.7 Å². The molecular weight excluding hydrogens is 432 g/mol. The van der Waals surface area contributed by atoms with Crippen molar-refractivity contribution in [3.05, 3.63) is 76.4 Å². The van der Waals surface area contributed by atoms with E-state index >= 15 is 0 Å². The fraction of sp³-hybridized carbons (Fsp3) is 0.136. The Bertz CT molecular complexity index is 1410. The van der Waals surface area contributed by atoms with Crippen molar-refractivity contribution >= 4 is 45.8 Å². The Kier molecular flexibility index (Phi) is 4.95. The summed E-state index contributed by atoms with van der Waals surface area (Å²) in [7, 11) is 0. The Morgan fingerprint density at radius 3 is 2.84 bits per heavy atom. The number of halogens is 1. The maximum Gasteiger partial charge on any atom is 0.261 e. The van der Waals surface area contributed by atoms with E-state index in [1.165, 1.54) is 17.2 Å². The monoisotopic (exact) mass is 448 g/mol. The molecule has 1 aliphatic rings. The topological polar surface area (TPSA) is 113 Å². The number of H-pyrrole nitrogens is 1. The van der Waals surface area contributed by atoms with Crippen LogP contribution in [0.15, 0.2) is 65.8 Å². The molecule has 2 amide bonds. The van der Waals surface area contributed by atoms with Crippen molar-refractivity contribution in [2.45, 2.75) is 6.42 Å². The van der Waals surface area contributed by atoms with Crippen molar-refractivity contribution < 1.29 is 9.59 Å². The number of hydrogen-bond donors (Lipinski definition) is 2. The Hall–Kier alpha value is -3.98. The highest BCUT2D eigenvalue weighted by molar-refractivity contribution is 6.31. The van der Waals surface area contributed by atoms with Crippen molar-refractivity contribution in [2.75, 3.05) is 16.8 Å². The first kappa shape index (κ1) is 20.0. The van der Waals surface area contributed by atoms with Gasteiger partial charge in [0.2, 0.25) is 11.8 Å². The van der Waals surface area contributed by atoms with Gasteiger partial charge in [-0.3, -0.25) is 14.4 Å². The van der Waals surface area contributed by atoms with E-state index in [4.69, 9.17) is 11.6 Å². The third kappa shape index (κ3) is 3.52. The van der Waals surface area contributed by atoms with Gasteiger partial charge in [-0.2, -0.15) is 5.10 Å². The number of carbonyl (C=O) groups excluding carboxylic acids is 2. The van der Waals surface area contributed by atoms with E-state index in [1.54, 1.807) is 53.4 Å². The van der Waals surface area contributed by atoms with Crippen molar-refractivity contribution in [3.8, 4) is 5.69 Å². The minimum Gasteiger partial charge on any atom is -0.324 e. The largest absolute Gasteiger partial charge is 0.324 e. The van der Waals surface area contributed by atoms with Crippen LogP contribution < -0.4 is 15.8 Å². The summed E-state index contributed by atoms with van der Waals surface area (Å²) in [4.78, 5) is 45.8. The summed E-state index contributed by atoms with van der Waals surface area (Å²) < 4.78 is 1.50. The lowest BCUT2D eigenvalue weighted by atomic mass is 10.1. The molecule has 10 heteroatoms. The van der Waals surface area contributed by atoms with Gasteiger partial charge in [0.05, 0.1) is 29.8 Å². The number of hydrogen-bond acceptors (Lipinski definition) is 5. The van der Waals surface area contributed by atoms with E-state index in [9.17, 15) is 14.4 Å². The lowest BCUT2D eigenvalue weighted by Crippen LogP contribution is -2.28. The van der Waals surface area contributed by atoms with Crippen molar-refractivity contribution in [3.63, 3.8) is 0 Å². The molecule has 2 aromatic heterocycles. The van der Waals surface area contributed by atoms with Crippen LogP contribution >= 0.6 is 11.6 Å². The number of aromatic amines is 1. The first-order valence-corrected chi connectivity index (χ1v) is 10.3. The van der Waals surface area contributed by atoms with Gasteiger partial charge >= 0.3 is 0 Å². The normalized spacial score (nSPS) is 16.0. The number of carbonyl (C=O) groups is 2. The minimum atomic E-state index is -0.523. The minimum absolute atomic E-state index is 0.0994. The quantitative estimate of drug-likeness (QED) is 0.498. The molecule has 0 bridgehead atoms. The third-order valence-electron chi connectivity index (χ3n) is 5.38. The summed E-state index contributed by atoms with van der Waals surface area (Å²) in [6.07, 6.45) is 2.83. The predicted molar refractivity (Wildman–Crippen MR) is 120 cm³/mol. The van der Waals surface area contributed by atoms with Crippen LogP contribution in [0, 0.1) is 5.92 Å². The average Bonchev–Trinajstić information content (AvgIpc) is 3.39. The highest BCUT2D eigenvalue weighted by Gasteiger charge is 2.35. The number of para-hydroxylation sites is 2. The lowest BCUT2D eigenvalue weighted by Gasteiger charge is -2.17. The van der Waals surface area contributed by atoms with Crippen molar-refractivity contribution in [1.29, 1.82) is 0 Å². The number of amides is 2. The molecule has 0 saturated carbocycles. The lowest BCUT2D eigenvalue weighted by molar-refractivity contribution is -0.122. The van der Waals surface area contributed by atoms with E-state index in [0.717, 1.165) is 0 Å². The molecule has 0 aliphatic carbocycles. The van der Waals surface area contributed by atoms with Gasteiger partial charge in [-0.1, -0.05) is 29.8 Å². The molecule has 0 radical (unpaired) electrons. The van der Waals surface area contributed by atoms with Crippen LogP contribution in [0.25, 0.3) is 16.7 Å². The summed E-state index contributed by atoms with van der Waals surface area (Å²) in [5.74, 6) is -0.940. The van der Waals surface area contributed by atoms with Crippen LogP contribution in [-0.4, -0.2) is 38.1 Å². The Morgan fingerprint density at radius 1 is 1.16 bits per heavy atom. The Labute approximate surface area is 186 Å². The number of benzene rings is 2. The summed E-state index contributed by atoms with van der Waals surface area (Å²) in [5.41, 5.74) is 1.80. The standard InChI is InChI=1S/C22H17ClN6O3/c23-14-4-3-5-15(9-14)28-11-13(8-19(28)30)21(31)27-17-6-1-2-7-18(17)29-20-16(10-26-29)22(32)25-12-24-20/h1-7,9-10,12-13H,8,11H2,(H,27,31)(H,24,25,32). The maximum absolute atomic E-state index is 13.0. The van der Waals surface area contributed by atoms with Crippen molar-refractivity contribution in [1.82, 2.24) is 19.7 Å². The SMILES string of the molecule is O=C(Nc1ccccc1-n1ncc2c(=O)[nH]cnc21)C1CC(=O)N(c2cccc(Cl)c2)C1. The second-order valence-electron chi connectivity index (χ2n) is 7.42. The van der Waals surface area contributed by atoms with E-state index in [-0.39, 0.29) is 30.3 Å². The van der Waals surface area contributed by atoms with Crippen LogP contribution in [0.2, 0.25) is 5.02 Å². The summed E-state index contributed by atoms with van der Waals surface area (Å²) >= 11 is 6.04. The first-order valence-electron chi connectivity index (χ1n) is 9.89. The maximum atomic E-state index is 13.0. The van der Waals surface area contributed by atoms with Gasteiger partial charge in [-0.05, 0) is 30.3 Å². The van der Waals surface area contributed by atoms with Crippen LogP contribution in [0.5, 0.6) is 0 Å². The molecule has 1 atom stereocenters. The molecule has 1 aliphatic heterocycles. The zero-order valence-electron chi connectivity index (χ0n) is 16.7. The zero-order valence-corrected chi connectivity index (χ0v) is 17.4. The van der Waals surface area contributed by atoms with E-state index < -0.39 is 5.92 Å². The van der Waals surface area contributed by atoms with Crippen LogP contribution in [0.1, 0.15) is 6.42 Å². The van der Waals surface area contributed by atoms with Gasteiger partial charge in [0.15, 0.2) is 5.65 Å². The van der Waals surface area contributed by atoms with Crippen LogP contribution in [0.4, 0.5) is 11.4 Å². The molecule has 2 aromatic carbocycles. The number of anilines is 2. The van der Waals surface area contributed by atoms with Gasteiger partial charge < -0.3 is 15.2 Å². The molecule has 3 heterocycles. The number of rotatable bonds is 4. The summed E-state index contributed by atoms with van der Waals surface area (Å²) in [6.45, 7) is 0.259. The van der Waals surface area contributed by atoms with Crippen molar-refractivity contribution in [2.24, 2.45) is 5.92 Å². The molecule has 1 saturated heterocycles. The Balaban J connectivity index is 1.41. The second-order valence-corrected chi connectivity index (χ2v) is 7.85. The van der Waals surface area contributed by atoms with Crippen LogP contribution in [-0.2, 0) is 9.59 Å². The third-order valence-corrected chi connectivity index (χ3v) is 5.61. The van der Waals surface area contributed by atoms with Crippen LogP contribution in [0.3, 0.4) is 0 Å². The van der Waals surface area contributed by atoms with E-state index in [2.05, 4.69) is 20.4 Å². The number of fused-ring (bicyclic) bond motifs is 1. The predicted octanol–water partition coefficient (Wildman–Crippen LogP) is 2.75. The molecule has 2 N–H and O–H groups in total. The Morgan fingerprint density at radius 2 is 2.00 bits per heavy atom. The van der Waals surface area contributed by atoms with Gasteiger partial charge in [-0.15, -0.1) is 0 Å². The zero-order chi connectivity index (χ0) is 22.2. The average molecular weight is 449 g/mol. The highest BCUT2D eigenvalue weighted by atomic mass is 35.5. The number of nitrogens with one attached hydrogen (secondary N) is 2. The molecule has 160 valence electrons. The summed E-state index contributed by atoms with van der Waals surface area (Å²) in [6, 6.07) is 14.1. The molecule has 9 nitrogen and oxygen atoms in total. The smallest absolute Gasteiger partial charge is 0.261 e. The van der Waals surface area contributed by atoms with E-state index in [0.29, 0.717) is 33.1 Å². The van der Waals surface area contributed by atoms with Gasteiger partial charge in [0.25, 0.3) is 5.56 Å². The molecule has 1 fully saturated rings. The van der Waals surface area contributed by atoms with Gasteiger partial charge in [-0.25, -0.2) is 9.67 Å². The fourth-order valence-electron chi connectivity index (χ4n) is 3.81. The molecular formula is C22H17ClN6O3. The molecule has 0 spiro atoms. The molecule has 4 aromatic rings. The molecule has 1 unspecified atom stereocenters. The van der Waals surface area contributed by atoms with E-state index in [1.807, 2.05) is 0 Å². The highest BCUT2D eigenvalue weighted by Crippen LogP contribution is 2.29. The fourth-order valence-corrected chi connectivity index (χ4v) is 3.99. The molecule has 32 heavy (non-hydrogen) atoms. The second kappa shape index (κ2) is 7.93. The first-order chi connectivity index (χ1) is 15.5. The molecule has 5 rings (SSSR count). The van der Waals surface area contributed by atoms with Gasteiger partial charge in [0.1, 0.15) is 5.39 Å². The summed E-state index contributed by atoms with van der Waals surface area (Å²) in [5, 5.41) is 8.04.